The minimum atomic E-state index is -1.09. The number of urea groups is 1. The van der Waals surface area contributed by atoms with Crippen molar-refractivity contribution in [3.8, 4) is 0 Å². The zero-order chi connectivity index (χ0) is 29.5. The molecule has 0 radical (unpaired) electrons. The number of nitrogens with zero attached hydrogens (tertiary/aromatic N) is 1. The van der Waals surface area contributed by atoms with E-state index in [0.717, 1.165) is 19.3 Å². The molecule has 2 saturated heterocycles. The second-order valence-corrected chi connectivity index (χ2v) is 14.2. The van der Waals surface area contributed by atoms with Gasteiger partial charge in [-0.25, -0.2) is 4.79 Å². The van der Waals surface area contributed by atoms with Crippen LogP contribution in [0, 0.1) is 17.3 Å². The number of amides is 5. The lowest BCUT2D eigenvalue weighted by Crippen LogP contribution is -2.62. The van der Waals surface area contributed by atoms with Crippen molar-refractivity contribution < 1.29 is 28.7 Å². The Morgan fingerprint density at radius 2 is 1.64 bits per heavy atom. The number of carbonyl (C=O) groups excluding carboxylic acids is 5. The Balaban J connectivity index is 1.89. The van der Waals surface area contributed by atoms with E-state index >= 15 is 0 Å². The van der Waals surface area contributed by atoms with Crippen LogP contribution in [-0.2, 0) is 23.9 Å². The SMILES string of the molecule is CC(C)(C)NC(=O)NC(C(=O)N1C[C@@H]2OC(C)(C)C[C@@H]2C1C(=O)NC(CC1CCC1)C(=O)C(N)=O)C(C)(C)C. The Morgan fingerprint density at radius 3 is 2.13 bits per heavy atom. The van der Waals surface area contributed by atoms with Gasteiger partial charge in [0.25, 0.3) is 5.91 Å². The maximum absolute atomic E-state index is 14.1. The molecule has 3 unspecified atom stereocenters. The summed E-state index contributed by atoms with van der Waals surface area (Å²) in [6.45, 7) is 15.1. The first-order valence-electron chi connectivity index (χ1n) is 14.0. The van der Waals surface area contributed by atoms with Crippen molar-refractivity contribution in [3.63, 3.8) is 0 Å². The molecule has 0 aromatic heterocycles. The van der Waals surface area contributed by atoms with Gasteiger partial charge in [0.05, 0.1) is 17.7 Å². The van der Waals surface area contributed by atoms with Crippen LogP contribution in [0.15, 0.2) is 0 Å². The van der Waals surface area contributed by atoms with Crippen LogP contribution in [0.5, 0.6) is 0 Å². The zero-order valence-corrected chi connectivity index (χ0v) is 24.7. The fourth-order valence-electron chi connectivity index (χ4n) is 5.88. The van der Waals surface area contributed by atoms with E-state index < -0.39 is 64.2 Å². The molecule has 1 aliphatic carbocycles. The first-order valence-corrected chi connectivity index (χ1v) is 14.0. The highest BCUT2D eigenvalue weighted by Gasteiger charge is 2.57. The maximum Gasteiger partial charge on any atom is 0.315 e. The molecular weight excluding hydrogens is 502 g/mol. The Labute approximate surface area is 231 Å². The molecular formula is C28H47N5O6. The molecule has 0 bridgehead atoms. The Hall–Kier alpha value is -2.69. The van der Waals surface area contributed by atoms with Crippen molar-refractivity contribution in [1.82, 2.24) is 20.9 Å². The number of nitrogens with one attached hydrogen (secondary N) is 3. The van der Waals surface area contributed by atoms with Crippen LogP contribution in [0.3, 0.4) is 0 Å². The molecule has 3 fully saturated rings. The van der Waals surface area contributed by atoms with Gasteiger partial charge in [-0.15, -0.1) is 0 Å². The fourth-order valence-corrected chi connectivity index (χ4v) is 5.88. The number of hydrogen-bond acceptors (Lipinski definition) is 6. The molecule has 11 nitrogen and oxygen atoms in total. The van der Waals surface area contributed by atoms with Crippen LogP contribution in [0.1, 0.15) is 87.5 Å². The quantitative estimate of drug-likeness (QED) is 0.337. The highest BCUT2D eigenvalue weighted by Crippen LogP contribution is 2.43. The van der Waals surface area contributed by atoms with Crippen LogP contribution in [0.25, 0.3) is 0 Å². The summed E-state index contributed by atoms with van der Waals surface area (Å²) in [4.78, 5) is 66.6. The number of likely N-dealkylation sites (tertiary alicyclic amines) is 1. The largest absolute Gasteiger partial charge is 0.370 e. The van der Waals surface area contributed by atoms with Gasteiger partial charge in [0.2, 0.25) is 17.6 Å². The summed E-state index contributed by atoms with van der Waals surface area (Å²) in [6.07, 6.45) is 3.39. The summed E-state index contributed by atoms with van der Waals surface area (Å²) in [5, 5.41) is 8.42. The molecule has 5 amide bonds. The predicted molar refractivity (Wildman–Crippen MR) is 145 cm³/mol. The molecule has 2 aliphatic heterocycles. The number of rotatable bonds is 8. The summed E-state index contributed by atoms with van der Waals surface area (Å²) in [5.41, 5.74) is 3.65. The van der Waals surface area contributed by atoms with Crippen molar-refractivity contribution in [2.75, 3.05) is 6.54 Å². The number of hydrogen-bond donors (Lipinski definition) is 4. The van der Waals surface area contributed by atoms with Gasteiger partial charge in [0.15, 0.2) is 0 Å². The van der Waals surface area contributed by atoms with Crippen LogP contribution in [0.2, 0.25) is 0 Å². The van der Waals surface area contributed by atoms with E-state index in [1.807, 2.05) is 55.4 Å². The smallest absolute Gasteiger partial charge is 0.315 e. The summed E-state index contributed by atoms with van der Waals surface area (Å²) >= 11 is 0. The van der Waals surface area contributed by atoms with Gasteiger partial charge >= 0.3 is 6.03 Å². The summed E-state index contributed by atoms with van der Waals surface area (Å²) in [6, 6.07) is -3.38. The molecule has 2 heterocycles. The number of nitrogens with two attached hydrogens (primary N) is 1. The molecule has 5 atom stereocenters. The van der Waals surface area contributed by atoms with E-state index in [-0.39, 0.29) is 24.5 Å². The Kier molecular flexibility index (Phi) is 8.75. The monoisotopic (exact) mass is 549 g/mol. The third-order valence-electron chi connectivity index (χ3n) is 7.89. The third-order valence-corrected chi connectivity index (χ3v) is 7.89. The van der Waals surface area contributed by atoms with Crippen molar-refractivity contribution in [2.24, 2.45) is 23.0 Å². The van der Waals surface area contributed by atoms with E-state index in [1.165, 1.54) is 4.90 Å². The number of primary amides is 1. The lowest BCUT2D eigenvalue weighted by molar-refractivity contribution is -0.145. The highest BCUT2D eigenvalue weighted by molar-refractivity contribution is 6.37. The van der Waals surface area contributed by atoms with Crippen LogP contribution < -0.4 is 21.7 Å². The van der Waals surface area contributed by atoms with E-state index in [9.17, 15) is 24.0 Å². The fraction of sp³-hybridized carbons (Fsp3) is 0.821. The zero-order valence-electron chi connectivity index (χ0n) is 24.7. The summed E-state index contributed by atoms with van der Waals surface area (Å²) in [7, 11) is 0. The molecule has 11 heteroatoms. The number of fused-ring (bicyclic) bond motifs is 1. The minimum Gasteiger partial charge on any atom is -0.370 e. The van der Waals surface area contributed by atoms with Gasteiger partial charge < -0.3 is 31.3 Å². The van der Waals surface area contributed by atoms with Crippen molar-refractivity contribution >= 4 is 29.5 Å². The maximum atomic E-state index is 14.1. The second kappa shape index (κ2) is 11.1. The molecule has 0 aromatic carbocycles. The van der Waals surface area contributed by atoms with Crippen LogP contribution in [0.4, 0.5) is 4.79 Å². The van der Waals surface area contributed by atoms with Crippen LogP contribution >= 0.6 is 0 Å². The molecule has 5 N–H and O–H groups in total. The van der Waals surface area contributed by atoms with Gasteiger partial charge in [-0.05, 0) is 58.8 Å². The minimum absolute atomic E-state index is 0.178. The van der Waals surface area contributed by atoms with E-state index in [2.05, 4.69) is 16.0 Å². The molecule has 0 spiro atoms. The van der Waals surface area contributed by atoms with Crippen molar-refractivity contribution in [1.29, 1.82) is 0 Å². The average Bonchev–Trinajstić information content (AvgIpc) is 3.21. The molecule has 3 rings (SSSR count). The standard InChI is InChI=1S/C28H47N5O6/c1-26(2,3)21(31-25(38)32-27(4,5)6)24(37)33-14-18-16(13-28(7,8)39-18)19(33)23(36)30-17(20(34)22(29)35)12-15-10-9-11-15/h15-19,21H,9-14H2,1-8H3,(H2,29,35)(H,30,36)(H2,31,32,38)/t16-,17?,18-,19?,21?/m0/s1. The van der Waals surface area contributed by atoms with Crippen molar-refractivity contribution in [3.05, 3.63) is 0 Å². The molecule has 39 heavy (non-hydrogen) atoms. The van der Waals surface area contributed by atoms with E-state index in [1.54, 1.807) is 0 Å². The van der Waals surface area contributed by atoms with Gasteiger partial charge in [-0.1, -0.05) is 40.0 Å². The van der Waals surface area contributed by atoms with Crippen LogP contribution in [-0.4, -0.2) is 76.4 Å². The van der Waals surface area contributed by atoms with Gasteiger partial charge in [0.1, 0.15) is 12.1 Å². The second-order valence-electron chi connectivity index (χ2n) is 14.2. The number of ketones is 1. The molecule has 220 valence electrons. The molecule has 3 aliphatic rings. The number of ether oxygens (including phenoxy) is 1. The van der Waals surface area contributed by atoms with Gasteiger partial charge in [-0.3, -0.25) is 19.2 Å². The van der Waals surface area contributed by atoms with E-state index in [0.29, 0.717) is 12.8 Å². The Morgan fingerprint density at radius 1 is 1.03 bits per heavy atom. The van der Waals surface area contributed by atoms with Crippen molar-refractivity contribution in [2.45, 2.75) is 123 Å². The highest BCUT2D eigenvalue weighted by atomic mass is 16.5. The number of Topliss-reactive ketones (excluding diaryl/α,β-unsaturated/α-hetero) is 1. The first kappa shape index (κ1) is 30.8. The molecule has 0 aromatic rings. The third kappa shape index (κ3) is 7.49. The van der Waals surface area contributed by atoms with Gasteiger partial charge in [-0.2, -0.15) is 0 Å². The molecule has 1 saturated carbocycles. The summed E-state index contributed by atoms with van der Waals surface area (Å²) in [5.74, 6) is -2.91. The first-order chi connectivity index (χ1) is 17.8. The van der Waals surface area contributed by atoms with Gasteiger partial charge in [0, 0.05) is 18.0 Å². The predicted octanol–water partition coefficient (Wildman–Crippen LogP) is 1.62. The summed E-state index contributed by atoms with van der Waals surface area (Å²) < 4.78 is 6.21. The van der Waals surface area contributed by atoms with E-state index in [4.69, 9.17) is 10.5 Å². The normalized spacial score (nSPS) is 26.2. The number of carbonyl (C=O) groups is 5. The average molecular weight is 550 g/mol. The lowest BCUT2D eigenvalue weighted by Gasteiger charge is -2.37. The topological polar surface area (TPSA) is 160 Å². The lowest BCUT2D eigenvalue weighted by atomic mass is 9.80. The Bertz CT molecular complexity index is 993.